The molecule has 0 amide bonds. The van der Waals surface area contributed by atoms with Crippen LogP contribution in [0.25, 0.3) is 44.3 Å². The topological polar surface area (TPSA) is 149 Å². The number of rotatable bonds is 4. The van der Waals surface area contributed by atoms with Crippen molar-refractivity contribution in [1.82, 2.24) is 0 Å². The van der Waals surface area contributed by atoms with Gasteiger partial charge in [0, 0.05) is 11.3 Å². The highest BCUT2D eigenvalue weighted by molar-refractivity contribution is 6.31. The summed E-state index contributed by atoms with van der Waals surface area (Å²) in [7, 11) is 0. The first-order valence-electron chi connectivity index (χ1n) is 15.8. The summed E-state index contributed by atoms with van der Waals surface area (Å²) in [4.78, 5) is 55.0. The molecule has 0 saturated heterocycles. The smallest absolute Gasteiger partial charge is 0.326 e. The van der Waals surface area contributed by atoms with Crippen molar-refractivity contribution in [3.8, 4) is 11.1 Å². The quantitative estimate of drug-likeness (QED) is 0.201. The normalized spacial score (nSPS) is 34.1. The van der Waals surface area contributed by atoms with Gasteiger partial charge in [0.25, 0.3) is 0 Å². The van der Waals surface area contributed by atoms with E-state index in [1.807, 2.05) is 6.07 Å². The molecule has 8 heteroatoms. The molecular formula is C38H18O8. The maximum Gasteiger partial charge on any atom is 0.326 e. The average Bonchev–Trinajstić information content (AvgIpc) is 3.36. The third kappa shape index (κ3) is 1.31. The van der Waals surface area contributed by atoms with Gasteiger partial charge in [-0.25, -0.2) is 0 Å². The van der Waals surface area contributed by atoms with E-state index >= 15 is 0 Å². The predicted molar refractivity (Wildman–Crippen MR) is 160 cm³/mol. The molecule has 10 aliphatic rings. The lowest BCUT2D eigenvalue weighted by atomic mass is 9.34. The van der Waals surface area contributed by atoms with Crippen LogP contribution in [-0.2, 0) is 54.7 Å². The Balaban J connectivity index is 1.37. The molecule has 5 atom stereocenters. The van der Waals surface area contributed by atoms with Crippen molar-refractivity contribution in [2.24, 2.45) is 22.7 Å². The van der Waals surface area contributed by atoms with Crippen molar-refractivity contribution >= 4 is 57.1 Å². The fraction of sp³-hybridized carbons (Fsp3) is 0.263. The van der Waals surface area contributed by atoms with Crippen molar-refractivity contribution < 1.29 is 39.6 Å². The van der Waals surface area contributed by atoms with E-state index in [0.717, 1.165) is 82.8 Å². The molecule has 2 bridgehead atoms. The lowest BCUT2D eigenvalue weighted by molar-refractivity contribution is -0.174. The van der Waals surface area contributed by atoms with Crippen LogP contribution in [0.3, 0.4) is 0 Å². The summed E-state index contributed by atoms with van der Waals surface area (Å²) in [6.07, 6.45) is 5.58. The second-order valence-corrected chi connectivity index (χ2v) is 15.4. The second-order valence-electron chi connectivity index (χ2n) is 15.4. The van der Waals surface area contributed by atoms with Gasteiger partial charge in [0.05, 0.1) is 10.8 Å². The molecular weight excluding hydrogens is 584 g/mol. The average molecular weight is 603 g/mol. The fourth-order valence-electron chi connectivity index (χ4n) is 14.8. The number of aliphatic carboxylic acids is 4. The minimum Gasteiger partial charge on any atom is -0.480 e. The Hall–Kier alpha value is -5.24. The van der Waals surface area contributed by atoms with E-state index in [4.69, 9.17) is 0 Å². The van der Waals surface area contributed by atoms with Crippen LogP contribution in [0.1, 0.15) is 55.6 Å². The lowest BCUT2D eigenvalue weighted by Crippen LogP contribution is -2.72. The molecule has 10 aliphatic carbocycles. The van der Waals surface area contributed by atoms with Crippen LogP contribution in [0.2, 0.25) is 0 Å². The summed E-state index contributed by atoms with van der Waals surface area (Å²) < 4.78 is 0. The van der Waals surface area contributed by atoms with Crippen LogP contribution in [0, 0.1) is 22.7 Å². The monoisotopic (exact) mass is 602 g/mol. The molecule has 4 aromatic rings. The van der Waals surface area contributed by atoms with Crippen LogP contribution in [-0.4, -0.2) is 44.3 Å². The molecule has 0 radical (unpaired) electrons. The summed E-state index contributed by atoms with van der Waals surface area (Å²) in [5.41, 5.74) is 2.85. The Bertz CT molecular complexity index is 2700. The first kappa shape index (κ1) is 22.3. The Labute approximate surface area is 257 Å². The SMILES string of the molecule is O=C(O)C1(C(=O)O)C2=Cc3cc4c5c6c3C13c1c-6c6c7c8c(cc9ccc%10c(c97)C67C(C(=O)O)(C(=O)O)C57C(C4)C%10)CC(=CC23)c18. The number of hydrogen-bond acceptors (Lipinski definition) is 4. The van der Waals surface area contributed by atoms with E-state index in [1.165, 1.54) is 0 Å². The van der Waals surface area contributed by atoms with Gasteiger partial charge in [-0.2, -0.15) is 0 Å². The molecule has 4 aromatic carbocycles. The van der Waals surface area contributed by atoms with E-state index in [2.05, 4.69) is 24.3 Å². The zero-order valence-corrected chi connectivity index (χ0v) is 23.7. The van der Waals surface area contributed by atoms with E-state index in [1.54, 1.807) is 6.08 Å². The van der Waals surface area contributed by atoms with Gasteiger partial charge < -0.3 is 20.4 Å². The van der Waals surface area contributed by atoms with Crippen molar-refractivity contribution in [2.45, 2.75) is 35.5 Å². The molecule has 2 saturated carbocycles. The minimum absolute atomic E-state index is 0.289. The molecule has 46 heavy (non-hydrogen) atoms. The standard InChI is InChI=1S/C38H18O8/c39-30(40)35(31(41)42)18-9-15-5-14-7-16-6-11-2-1-10-3-12-4-13-8-17(18)34(35)25(15)23-24-28(34)21(13)19(12)22-20(10)26(11)37(29(22)24)36(16,27(14)23)38(37,32(43)44)33(45)46/h1-3,5,8-9,16-17H,4,6-7H2,(H,39,40)(H,41,42)(H,43,44)(H,45,46). The summed E-state index contributed by atoms with van der Waals surface area (Å²) in [6, 6.07) is 8.34. The number of carbonyl (C=O) groups is 4. The third-order valence-corrected chi connectivity index (χ3v) is 15.1. The van der Waals surface area contributed by atoms with Gasteiger partial charge in [-0.3, -0.25) is 19.2 Å². The van der Waals surface area contributed by atoms with Crippen molar-refractivity contribution in [2.75, 3.05) is 0 Å². The maximum absolute atomic E-state index is 13.9. The van der Waals surface area contributed by atoms with Crippen molar-refractivity contribution in [3.05, 3.63) is 91.5 Å². The highest BCUT2D eigenvalue weighted by Gasteiger charge is 3.02. The number of fused-ring (bicyclic) bond motifs is 2. The van der Waals surface area contributed by atoms with Gasteiger partial charge in [-0.15, -0.1) is 0 Å². The number of carboxylic acids is 4. The van der Waals surface area contributed by atoms with Gasteiger partial charge in [-0.05, 0) is 125 Å². The van der Waals surface area contributed by atoms with E-state index < -0.39 is 56.9 Å². The Kier molecular flexibility index (Phi) is 2.59. The summed E-state index contributed by atoms with van der Waals surface area (Å²) in [6.45, 7) is 0. The molecule has 3 spiro atoms. The van der Waals surface area contributed by atoms with Gasteiger partial charge in [0.1, 0.15) is 0 Å². The second kappa shape index (κ2) is 5.34. The Morgan fingerprint density at radius 1 is 0.696 bits per heavy atom. The minimum atomic E-state index is -2.22. The highest BCUT2D eigenvalue weighted by Crippen LogP contribution is 2.95. The van der Waals surface area contributed by atoms with E-state index in [9.17, 15) is 39.6 Å². The summed E-state index contributed by atoms with van der Waals surface area (Å²) in [5, 5.41) is 48.5. The first-order chi connectivity index (χ1) is 22.1. The highest BCUT2D eigenvalue weighted by atomic mass is 16.4. The van der Waals surface area contributed by atoms with Gasteiger partial charge >= 0.3 is 23.9 Å². The van der Waals surface area contributed by atoms with Gasteiger partial charge in [0.2, 0.25) is 5.41 Å². The van der Waals surface area contributed by atoms with Crippen LogP contribution in [0.4, 0.5) is 0 Å². The zero-order valence-electron chi connectivity index (χ0n) is 23.7. The first-order valence-corrected chi connectivity index (χ1v) is 15.8. The zero-order chi connectivity index (χ0) is 30.7. The molecule has 218 valence electrons. The Morgan fingerprint density at radius 3 is 2.17 bits per heavy atom. The molecule has 2 fully saturated rings. The maximum atomic E-state index is 13.9. The predicted octanol–water partition coefficient (Wildman–Crippen LogP) is 4.14. The lowest BCUT2D eigenvalue weighted by Gasteiger charge is -2.64. The fourth-order valence-corrected chi connectivity index (χ4v) is 14.8. The molecule has 8 nitrogen and oxygen atoms in total. The molecule has 4 N–H and O–H groups in total. The molecule has 5 unspecified atom stereocenters. The van der Waals surface area contributed by atoms with E-state index in [0.29, 0.717) is 36.0 Å². The number of allylic oxidation sites excluding steroid dienone is 2. The van der Waals surface area contributed by atoms with Crippen LogP contribution < -0.4 is 0 Å². The third-order valence-electron chi connectivity index (χ3n) is 15.1. The molecule has 0 heterocycles. The van der Waals surface area contributed by atoms with E-state index in [-0.39, 0.29) is 5.92 Å². The largest absolute Gasteiger partial charge is 0.480 e. The van der Waals surface area contributed by atoms with Crippen LogP contribution >= 0.6 is 0 Å². The van der Waals surface area contributed by atoms with Gasteiger partial charge in [0.15, 0.2) is 5.41 Å². The van der Waals surface area contributed by atoms with Gasteiger partial charge in [-0.1, -0.05) is 36.4 Å². The molecule has 0 aromatic heterocycles. The molecule has 0 aliphatic heterocycles. The van der Waals surface area contributed by atoms with Crippen molar-refractivity contribution in [1.29, 1.82) is 0 Å². The Morgan fingerprint density at radius 2 is 1.43 bits per heavy atom. The summed E-state index contributed by atoms with van der Waals surface area (Å²) >= 11 is 0. The number of hydrogen-bond donors (Lipinski definition) is 4. The van der Waals surface area contributed by atoms with Crippen molar-refractivity contribution in [3.63, 3.8) is 0 Å². The number of benzene rings is 4. The van der Waals surface area contributed by atoms with Crippen LogP contribution in [0.5, 0.6) is 0 Å². The number of carboxylic acid groups (broad SMARTS) is 4. The molecule has 14 rings (SSSR count). The van der Waals surface area contributed by atoms with Crippen LogP contribution in [0.15, 0.2) is 35.9 Å². The summed E-state index contributed by atoms with van der Waals surface area (Å²) in [5.74, 6) is -6.21.